The molecule has 1 aliphatic heterocycles. The van der Waals surface area contributed by atoms with Crippen molar-refractivity contribution in [2.75, 3.05) is 20.1 Å². The van der Waals surface area contributed by atoms with Gasteiger partial charge in [-0.15, -0.1) is 0 Å². The highest BCUT2D eigenvalue weighted by atomic mass is 32.1. The van der Waals surface area contributed by atoms with Gasteiger partial charge in [-0.25, -0.2) is 0 Å². The van der Waals surface area contributed by atoms with Gasteiger partial charge in [0.15, 0.2) is 0 Å². The Kier molecular flexibility index (Phi) is 4.09. The number of rotatable bonds is 4. The molecule has 6 heteroatoms. The fourth-order valence-corrected chi connectivity index (χ4v) is 3.07. The number of nitro groups is 1. The Balaban J connectivity index is 1.93. The van der Waals surface area contributed by atoms with Crippen LogP contribution in [0.25, 0.3) is 0 Å². The average Bonchev–Trinajstić information content (AvgIpc) is 2.78. The summed E-state index contributed by atoms with van der Waals surface area (Å²) in [5.41, 5.74) is 0. The van der Waals surface area contributed by atoms with Gasteiger partial charge in [-0.05, 0) is 32.5 Å². The zero-order valence-electron chi connectivity index (χ0n) is 9.89. The van der Waals surface area contributed by atoms with E-state index in [-0.39, 0.29) is 9.92 Å². The largest absolute Gasteiger partial charge is 0.324 e. The van der Waals surface area contributed by atoms with Gasteiger partial charge in [0.2, 0.25) is 0 Å². The zero-order valence-corrected chi connectivity index (χ0v) is 10.7. The van der Waals surface area contributed by atoms with Crippen molar-refractivity contribution in [1.82, 2.24) is 10.2 Å². The number of likely N-dealkylation sites (tertiary alicyclic amines) is 1. The summed E-state index contributed by atoms with van der Waals surface area (Å²) >= 11 is 1.28. The molecule has 5 nitrogen and oxygen atoms in total. The van der Waals surface area contributed by atoms with Crippen LogP contribution in [0.15, 0.2) is 12.1 Å². The Labute approximate surface area is 105 Å². The molecule has 0 spiro atoms. The van der Waals surface area contributed by atoms with Crippen LogP contribution in [0.4, 0.5) is 5.00 Å². The summed E-state index contributed by atoms with van der Waals surface area (Å²) in [4.78, 5) is 13.7. The van der Waals surface area contributed by atoms with Gasteiger partial charge >= 0.3 is 5.00 Å². The maximum atomic E-state index is 10.6. The third-order valence-corrected chi connectivity index (χ3v) is 4.14. The number of piperidine rings is 1. The van der Waals surface area contributed by atoms with E-state index in [1.54, 1.807) is 6.07 Å². The van der Waals surface area contributed by atoms with Crippen molar-refractivity contribution in [2.45, 2.75) is 25.4 Å². The number of hydrogen-bond donors (Lipinski definition) is 1. The van der Waals surface area contributed by atoms with E-state index in [0.717, 1.165) is 24.5 Å². The second-order valence-corrected chi connectivity index (χ2v) is 5.51. The van der Waals surface area contributed by atoms with E-state index in [1.807, 2.05) is 13.1 Å². The van der Waals surface area contributed by atoms with Crippen molar-refractivity contribution in [3.8, 4) is 0 Å². The molecule has 1 unspecified atom stereocenters. The van der Waals surface area contributed by atoms with E-state index in [2.05, 4.69) is 10.2 Å². The van der Waals surface area contributed by atoms with Crippen LogP contribution >= 0.6 is 11.3 Å². The Morgan fingerprint density at radius 1 is 1.65 bits per heavy atom. The fraction of sp³-hybridized carbons (Fsp3) is 0.636. The van der Waals surface area contributed by atoms with Crippen LogP contribution in [0, 0.1) is 10.1 Å². The highest BCUT2D eigenvalue weighted by Gasteiger charge is 2.19. The molecule has 1 fully saturated rings. The van der Waals surface area contributed by atoms with Crippen LogP contribution in [0.1, 0.15) is 17.7 Å². The van der Waals surface area contributed by atoms with E-state index in [9.17, 15) is 10.1 Å². The van der Waals surface area contributed by atoms with E-state index in [4.69, 9.17) is 0 Å². The predicted molar refractivity (Wildman–Crippen MR) is 68.3 cm³/mol. The van der Waals surface area contributed by atoms with Gasteiger partial charge in [-0.2, -0.15) is 0 Å². The van der Waals surface area contributed by atoms with Crippen LogP contribution < -0.4 is 5.32 Å². The van der Waals surface area contributed by atoms with Gasteiger partial charge in [0, 0.05) is 30.1 Å². The number of nitrogens with one attached hydrogen (secondary N) is 1. The molecule has 0 aliphatic carbocycles. The van der Waals surface area contributed by atoms with Crippen molar-refractivity contribution < 1.29 is 4.92 Å². The molecule has 1 atom stereocenters. The Morgan fingerprint density at radius 3 is 3.12 bits per heavy atom. The molecule has 0 radical (unpaired) electrons. The minimum absolute atomic E-state index is 0.238. The molecular weight excluding hydrogens is 238 g/mol. The maximum Gasteiger partial charge on any atom is 0.324 e. The smallest absolute Gasteiger partial charge is 0.316 e. The lowest BCUT2D eigenvalue weighted by molar-refractivity contribution is -0.380. The Morgan fingerprint density at radius 2 is 2.47 bits per heavy atom. The highest BCUT2D eigenvalue weighted by molar-refractivity contribution is 7.15. The van der Waals surface area contributed by atoms with Gasteiger partial charge < -0.3 is 5.32 Å². The molecule has 1 aliphatic rings. The molecule has 1 N–H and O–H groups in total. The summed E-state index contributed by atoms with van der Waals surface area (Å²) in [5, 5.41) is 14.1. The molecule has 17 heavy (non-hydrogen) atoms. The second-order valence-electron chi connectivity index (χ2n) is 4.36. The maximum absolute atomic E-state index is 10.6. The predicted octanol–water partition coefficient (Wildman–Crippen LogP) is 1.84. The van der Waals surface area contributed by atoms with Crippen molar-refractivity contribution in [1.29, 1.82) is 0 Å². The number of nitrogens with zero attached hydrogens (tertiary/aromatic N) is 2. The lowest BCUT2D eigenvalue weighted by Crippen LogP contribution is -2.43. The first kappa shape index (κ1) is 12.5. The molecule has 0 amide bonds. The second kappa shape index (κ2) is 5.57. The van der Waals surface area contributed by atoms with Gasteiger partial charge in [-0.1, -0.05) is 11.3 Å². The lowest BCUT2D eigenvalue weighted by atomic mass is 10.1. The summed E-state index contributed by atoms with van der Waals surface area (Å²) in [5.74, 6) is 0. The van der Waals surface area contributed by atoms with Crippen molar-refractivity contribution >= 4 is 16.3 Å². The summed E-state index contributed by atoms with van der Waals surface area (Å²) in [6.45, 7) is 2.95. The molecule has 0 bridgehead atoms. The van der Waals surface area contributed by atoms with E-state index >= 15 is 0 Å². The van der Waals surface area contributed by atoms with Crippen molar-refractivity contribution in [3.63, 3.8) is 0 Å². The topological polar surface area (TPSA) is 58.4 Å². The Bertz CT molecular complexity index is 394. The van der Waals surface area contributed by atoms with Crippen LogP contribution in [0.3, 0.4) is 0 Å². The van der Waals surface area contributed by atoms with E-state index in [0.29, 0.717) is 6.04 Å². The lowest BCUT2D eigenvalue weighted by Gasteiger charge is -2.32. The zero-order chi connectivity index (χ0) is 12.3. The van der Waals surface area contributed by atoms with Crippen molar-refractivity contribution in [3.05, 3.63) is 27.1 Å². The minimum atomic E-state index is -0.319. The number of hydrogen-bond acceptors (Lipinski definition) is 5. The van der Waals surface area contributed by atoms with Crippen molar-refractivity contribution in [2.24, 2.45) is 0 Å². The summed E-state index contributed by atoms with van der Waals surface area (Å²) in [6.07, 6.45) is 2.41. The molecular formula is C11H17N3O2S. The molecule has 94 valence electrons. The standard InChI is InChI=1S/C11H17N3O2S/c1-12-9-3-2-6-13(7-9)8-10-4-5-11(17-10)14(15)16/h4-5,9,12H,2-3,6-8H2,1H3. The molecule has 2 heterocycles. The average molecular weight is 255 g/mol. The third-order valence-electron chi connectivity index (χ3n) is 3.12. The van der Waals surface area contributed by atoms with E-state index in [1.165, 1.54) is 24.2 Å². The van der Waals surface area contributed by atoms with Gasteiger partial charge in [0.05, 0.1) is 4.92 Å². The van der Waals surface area contributed by atoms with Gasteiger partial charge in [0.25, 0.3) is 0 Å². The first-order valence-corrected chi connectivity index (χ1v) is 6.63. The molecule has 1 aromatic heterocycles. The summed E-state index contributed by atoms with van der Waals surface area (Å²) in [7, 11) is 1.99. The number of likely N-dealkylation sites (N-methyl/N-ethyl adjacent to an activating group) is 1. The first-order valence-electron chi connectivity index (χ1n) is 5.82. The van der Waals surface area contributed by atoms with Gasteiger partial charge in [-0.3, -0.25) is 15.0 Å². The van der Waals surface area contributed by atoms with Crippen LogP contribution in [0.5, 0.6) is 0 Å². The van der Waals surface area contributed by atoms with Gasteiger partial charge in [0.1, 0.15) is 0 Å². The Hall–Kier alpha value is -0.980. The number of thiophene rings is 1. The molecule has 0 aromatic carbocycles. The normalized spacial score (nSPS) is 21.6. The molecule has 2 rings (SSSR count). The molecule has 0 saturated carbocycles. The fourth-order valence-electron chi connectivity index (χ4n) is 2.20. The van der Waals surface area contributed by atoms with Crippen LogP contribution in [0.2, 0.25) is 0 Å². The van der Waals surface area contributed by atoms with Crippen LogP contribution in [-0.4, -0.2) is 36.0 Å². The first-order chi connectivity index (χ1) is 8.19. The van der Waals surface area contributed by atoms with Crippen LogP contribution in [-0.2, 0) is 6.54 Å². The minimum Gasteiger partial charge on any atom is -0.316 e. The third kappa shape index (κ3) is 3.24. The highest BCUT2D eigenvalue weighted by Crippen LogP contribution is 2.25. The SMILES string of the molecule is CNC1CCCN(Cc2ccc([N+](=O)[O-])s2)C1. The monoisotopic (exact) mass is 255 g/mol. The van der Waals surface area contributed by atoms with E-state index < -0.39 is 0 Å². The quantitative estimate of drug-likeness (QED) is 0.659. The summed E-state index contributed by atoms with van der Waals surface area (Å²) in [6, 6.07) is 4.02. The summed E-state index contributed by atoms with van der Waals surface area (Å²) < 4.78 is 0. The molecule has 1 aromatic rings. The molecule has 1 saturated heterocycles.